The van der Waals surface area contributed by atoms with Crippen LogP contribution in [0.2, 0.25) is 0 Å². The maximum absolute atomic E-state index is 4.85. The van der Waals surface area contributed by atoms with Crippen LogP contribution in [-0.2, 0) is 6.54 Å². The largest absolute Gasteiger partial charge is 0.368 e. The molecule has 5 rings (SSSR count). The normalized spacial score (nSPS) is 15.8. The molecule has 0 saturated carbocycles. The highest BCUT2D eigenvalue weighted by molar-refractivity contribution is 6.00. The molecule has 3 heteroatoms. The number of hydrogen-bond donors (Lipinski definition) is 1. The molecule has 0 unspecified atom stereocenters. The van der Waals surface area contributed by atoms with Crippen LogP contribution in [0.15, 0.2) is 71.7 Å². The van der Waals surface area contributed by atoms with Crippen molar-refractivity contribution >= 4 is 24.1 Å². The predicted molar refractivity (Wildman–Crippen MR) is 124 cm³/mol. The second kappa shape index (κ2) is 8.06. The number of hydrogen-bond acceptors (Lipinski definition) is 3. The highest BCUT2D eigenvalue weighted by Gasteiger charge is 2.18. The molecular formula is C26H25N3. The zero-order chi connectivity index (χ0) is 19.5. The third-order valence-electron chi connectivity index (χ3n) is 5.77. The van der Waals surface area contributed by atoms with E-state index in [4.69, 9.17) is 4.99 Å². The van der Waals surface area contributed by atoms with E-state index in [1.54, 1.807) is 0 Å². The standard InChI is InChI=1S/C26H25N3/c1-2-7-21(8-3-1)23-12-13-26(29-16-14-27-15-17-29)24-11-10-20-6-4-5-9-22(20)18-28-19-25(23)24/h1-13,19,27H,14-18H2. The Kier molecular flexibility index (Phi) is 4.97. The molecule has 0 radical (unpaired) electrons. The fourth-order valence-corrected chi connectivity index (χ4v) is 4.24. The zero-order valence-corrected chi connectivity index (χ0v) is 16.5. The summed E-state index contributed by atoms with van der Waals surface area (Å²) in [5.74, 6) is 0. The molecule has 29 heavy (non-hydrogen) atoms. The lowest BCUT2D eigenvalue weighted by Gasteiger charge is -2.31. The molecule has 0 aromatic heterocycles. The van der Waals surface area contributed by atoms with E-state index in [1.165, 1.54) is 39.1 Å². The van der Waals surface area contributed by atoms with Crippen molar-refractivity contribution in [2.45, 2.75) is 6.54 Å². The van der Waals surface area contributed by atoms with Gasteiger partial charge < -0.3 is 10.2 Å². The minimum Gasteiger partial charge on any atom is -0.368 e. The summed E-state index contributed by atoms with van der Waals surface area (Å²) >= 11 is 0. The van der Waals surface area contributed by atoms with Crippen molar-refractivity contribution in [3.8, 4) is 11.1 Å². The van der Waals surface area contributed by atoms with E-state index in [9.17, 15) is 0 Å². The summed E-state index contributed by atoms with van der Waals surface area (Å²) in [5, 5.41) is 3.46. The number of nitrogens with zero attached hydrogens (tertiary/aromatic N) is 2. The minimum absolute atomic E-state index is 0.700. The zero-order valence-electron chi connectivity index (χ0n) is 16.5. The van der Waals surface area contributed by atoms with Gasteiger partial charge in [-0.05, 0) is 28.3 Å². The molecule has 3 aromatic rings. The van der Waals surface area contributed by atoms with Crippen LogP contribution in [0.5, 0.6) is 0 Å². The van der Waals surface area contributed by atoms with Crippen molar-refractivity contribution in [2.75, 3.05) is 31.1 Å². The fourth-order valence-electron chi connectivity index (χ4n) is 4.24. The van der Waals surface area contributed by atoms with E-state index in [1.807, 2.05) is 0 Å². The van der Waals surface area contributed by atoms with Gasteiger partial charge in [-0.2, -0.15) is 0 Å². The predicted octanol–water partition coefficient (Wildman–Crippen LogP) is 4.87. The third-order valence-corrected chi connectivity index (χ3v) is 5.77. The van der Waals surface area contributed by atoms with Crippen LogP contribution in [0.4, 0.5) is 5.69 Å². The first-order valence-electron chi connectivity index (χ1n) is 10.3. The molecule has 2 heterocycles. The van der Waals surface area contributed by atoms with Crippen molar-refractivity contribution in [1.29, 1.82) is 0 Å². The van der Waals surface area contributed by atoms with Crippen molar-refractivity contribution in [2.24, 2.45) is 4.99 Å². The number of rotatable bonds is 2. The Labute approximate surface area is 172 Å². The first kappa shape index (κ1) is 17.9. The molecule has 0 amide bonds. The van der Waals surface area contributed by atoms with Crippen LogP contribution < -0.4 is 10.2 Å². The summed E-state index contributed by atoms with van der Waals surface area (Å²) in [6, 6.07) is 23.7. The molecule has 0 atom stereocenters. The van der Waals surface area contributed by atoms with Gasteiger partial charge in [-0.25, -0.2) is 0 Å². The number of benzene rings is 3. The van der Waals surface area contributed by atoms with Gasteiger partial charge in [0.05, 0.1) is 6.54 Å². The average molecular weight is 380 g/mol. The van der Waals surface area contributed by atoms with E-state index in [0.29, 0.717) is 6.54 Å². The Balaban J connectivity index is 1.71. The first-order valence-corrected chi connectivity index (χ1v) is 10.3. The number of piperazine rings is 1. The van der Waals surface area contributed by atoms with Gasteiger partial charge in [-0.3, -0.25) is 4.99 Å². The Morgan fingerprint density at radius 3 is 2.41 bits per heavy atom. The summed E-state index contributed by atoms with van der Waals surface area (Å²) < 4.78 is 0. The maximum Gasteiger partial charge on any atom is 0.0645 e. The first-order chi connectivity index (χ1) is 14.4. The molecule has 3 aromatic carbocycles. The summed E-state index contributed by atoms with van der Waals surface area (Å²) in [6.07, 6.45) is 6.62. The molecule has 1 fully saturated rings. The van der Waals surface area contributed by atoms with E-state index in [2.05, 4.69) is 95.3 Å². The van der Waals surface area contributed by atoms with Gasteiger partial charge in [0, 0.05) is 49.2 Å². The van der Waals surface area contributed by atoms with Crippen molar-refractivity contribution in [3.63, 3.8) is 0 Å². The lowest BCUT2D eigenvalue weighted by atomic mass is 9.93. The molecule has 144 valence electrons. The topological polar surface area (TPSA) is 27.6 Å². The van der Waals surface area contributed by atoms with Crippen LogP contribution in [0.1, 0.15) is 22.3 Å². The van der Waals surface area contributed by atoms with Gasteiger partial charge in [-0.15, -0.1) is 0 Å². The monoisotopic (exact) mass is 379 g/mol. The second-order valence-corrected chi connectivity index (χ2v) is 7.56. The second-order valence-electron chi connectivity index (χ2n) is 7.56. The molecule has 1 N–H and O–H groups in total. The molecule has 2 aliphatic heterocycles. The van der Waals surface area contributed by atoms with E-state index in [0.717, 1.165) is 26.2 Å². The van der Waals surface area contributed by atoms with E-state index in [-0.39, 0.29) is 0 Å². The molecule has 2 aliphatic rings. The molecule has 1 saturated heterocycles. The fraction of sp³-hybridized carbons (Fsp3) is 0.192. The van der Waals surface area contributed by atoms with Gasteiger partial charge in [0.25, 0.3) is 0 Å². The molecule has 0 spiro atoms. The van der Waals surface area contributed by atoms with Crippen molar-refractivity contribution in [1.82, 2.24) is 5.32 Å². The lowest BCUT2D eigenvalue weighted by Crippen LogP contribution is -2.43. The number of fused-ring (bicyclic) bond motifs is 2. The maximum atomic E-state index is 4.85. The molecule has 3 nitrogen and oxygen atoms in total. The van der Waals surface area contributed by atoms with Gasteiger partial charge in [0.2, 0.25) is 0 Å². The quantitative estimate of drug-likeness (QED) is 0.688. The smallest absolute Gasteiger partial charge is 0.0645 e. The van der Waals surface area contributed by atoms with Gasteiger partial charge in [0.1, 0.15) is 0 Å². The Morgan fingerprint density at radius 2 is 1.55 bits per heavy atom. The lowest BCUT2D eigenvalue weighted by molar-refractivity contribution is 0.589. The molecular weight excluding hydrogens is 354 g/mol. The average Bonchev–Trinajstić information content (AvgIpc) is 2.88. The third kappa shape index (κ3) is 3.62. The van der Waals surface area contributed by atoms with Gasteiger partial charge >= 0.3 is 0 Å². The highest BCUT2D eigenvalue weighted by Crippen LogP contribution is 2.34. The van der Waals surface area contributed by atoms with Crippen LogP contribution in [0, 0.1) is 0 Å². The van der Waals surface area contributed by atoms with Gasteiger partial charge in [-0.1, -0.05) is 72.8 Å². The van der Waals surface area contributed by atoms with Crippen molar-refractivity contribution < 1.29 is 0 Å². The van der Waals surface area contributed by atoms with Crippen LogP contribution in [0.25, 0.3) is 23.3 Å². The summed E-state index contributed by atoms with van der Waals surface area (Å²) in [5.41, 5.74) is 8.73. The molecule has 0 aliphatic carbocycles. The highest BCUT2D eigenvalue weighted by atomic mass is 15.2. The minimum atomic E-state index is 0.700. The Morgan fingerprint density at radius 1 is 0.759 bits per heavy atom. The number of anilines is 1. The Bertz CT molecular complexity index is 1060. The van der Waals surface area contributed by atoms with Gasteiger partial charge in [0.15, 0.2) is 0 Å². The number of nitrogens with one attached hydrogen (secondary N) is 1. The SMILES string of the molecule is C1=Cc2c(N3CCNCC3)ccc(-c3ccccc3)c2C=NCc2ccccc21. The summed E-state index contributed by atoms with van der Waals surface area (Å²) in [7, 11) is 0. The van der Waals surface area contributed by atoms with E-state index >= 15 is 0 Å². The molecule has 0 bridgehead atoms. The van der Waals surface area contributed by atoms with Crippen molar-refractivity contribution in [3.05, 3.63) is 89.0 Å². The van der Waals surface area contributed by atoms with Crippen LogP contribution in [-0.4, -0.2) is 32.4 Å². The van der Waals surface area contributed by atoms with Crippen LogP contribution in [0.3, 0.4) is 0 Å². The summed E-state index contributed by atoms with van der Waals surface area (Å²) in [6.45, 7) is 4.80. The number of aliphatic imine (C=N–C) groups is 1. The summed E-state index contributed by atoms with van der Waals surface area (Å²) in [4.78, 5) is 7.34. The van der Waals surface area contributed by atoms with E-state index < -0.39 is 0 Å². The van der Waals surface area contributed by atoms with Crippen LogP contribution >= 0.6 is 0 Å². The Hall–Kier alpha value is -3.17.